The number of anilines is 1. The molecule has 2 rings (SSSR count). The molecule has 0 aromatic carbocycles. The normalized spacial score (nSPS) is 18.3. The number of amides is 1. The van der Waals surface area contributed by atoms with Gasteiger partial charge in [0, 0.05) is 12.6 Å². The molecule has 1 fully saturated rings. The van der Waals surface area contributed by atoms with Crippen molar-refractivity contribution >= 4 is 11.9 Å². The van der Waals surface area contributed by atoms with Crippen molar-refractivity contribution in [1.29, 1.82) is 0 Å². The van der Waals surface area contributed by atoms with Crippen LogP contribution in [0.2, 0.25) is 0 Å². The molecule has 1 atom stereocenters. The molecule has 1 aliphatic heterocycles. The van der Waals surface area contributed by atoms with Crippen molar-refractivity contribution in [2.24, 2.45) is 0 Å². The molecule has 1 aliphatic rings. The maximum atomic E-state index is 12.1. The molecular formula is C17H27N3O4. The van der Waals surface area contributed by atoms with Crippen LogP contribution in [0.4, 0.5) is 10.6 Å². The summed E-state index contributed by atoms with van der Waals surface area (Å²) in [7, 11) is 0. The summed E-state index contributed by atoms with van der Waals surface area (Å²) in [6.07, 6.45) is 1.55. The lowest BCUT2D eigenvalue weighted by Crippen LogP contribution is -2.45. The van der Waals surface area contributed by atoms with E-state index in [1.165, 1.54) is 0 Å². The van der Waals surface area contributed by atoms with Gasteiger partial charge in [-0.1, -0.05) is 6.07 Å². The monoisotopic (exact) mass is 337 g/mol. The summed E-state index contributed by atoms with van der Waals surface area (Å²) in [6.45, 7) is 7.67. The molecule has 1 aromatic heterocycles. The van der Waals surface area contributed by atoms with Gasteiger partial charge in [-0.25, -0.2) is 4.79 Å². The minimum Gasteiger partial charge on any atom is -0.475 e. The van der Waals surface area contributed by atoms with Gasteiger partial charge in [0.2, 0.25) is 5.88 Å². The van der Waals surface area contributed by atoms with Crippen LogP contribution in [-0.2, 0) is 9.47 Å². The van der Waals surface area contributed by atoms with Crippen molar-refractivity contribution in [2.45, 2.75) is 45.3 Å². The minimum absolute atomic E-state index is 0.00340. The Morgan fingerprint density at radius 2 is 2.17 bits per heavy atom. The van der Waals surface area contributed by atoms with E-state index in [-0.39, 0.29) is 12.2 Å². The highest BCUT2D eigenvalue weighted by molar-refractivity contribution is 5.68. The molecule has 2 heterocycles. The zero-order valence-corrected chi connectivity index (χ0v) is 14.7. The Kier molecular flexibility index (Phi) is 6.25. The predicted molar refractivity (Wildman–Crippen MR) is 90.9 cm³/mol. The molecule has 1 amide bonds. The Balaban J connectivity index is 1.70. The Hall–Kier alpha value is -2.02. The summed E-state index contributed by atoms with van der Waals surface area (Å²) in [5.41, 5.74) is 5.11. The van der Waals surface area contributed by atoms with E-state index in [0.29, 0.717) is 38.0 Å². The van der Waals surface area contributed by atoms with E-state index in [9.17, 15) is 4.79 Å². The Bertz CT molecular complexity index is 545. The minimum atomic E-state index is -0.483. The van der Waals surface area contributed by atoms with Crippen molar-refractivity contribution < 1.29 is 19.0 Å². The number of hydrogen-bond donors (Lipinski definition) is 1. The number of nitrogens with zero attached hydrogens (tertiary/aromatic N) is 2. The van der Waals surface area contributed by atoms with Gasteiger partial charge in [0.25, 0.3) is 0 Å². The molecule has 0 aliphatic carbocycles. The maximum Gasteiger partial charge on any atom is 0.410 e. The van der Waals surface area contributed by atoms with Crippen LogP contribution in [0.3, 0.4) is 0 Å². The number of hydrogen-bond acceptors (Lipinski definition) is 6. The summed E-state index contributed by atoms with van der Waals surface area (Å²) < 4.78 is 16.7. The van der Waals surface area contributed by atoms with Crippen LogP contribution in [0.15, 0.2) is 18.2 Å². The van der Waals surface area contributed by atoms with Crippen LogP contribution in [-0.4, -0.2) is 54.0 Å². The fraction of sp³-hybridized carbons (Fsp3) is 0.647. The first-order valence-electron chi connectivity index (χ1n) is 8.28. The topological polar surface area (TPSA) is 86.9 Å². The first-order chi connectivity index (χ1) is 11.3. The van der Waals surface area contributed by atoms with E-state index in [1.54, 1.807) is 23.1 Å². The lowest BCUT2D eigenvalue weighted by molar-refractivity contribution is -0.0263. The molecule has 7 heteroatoms. The van der Waals surface area contributed by atoms with Crippen LogP contribution in [0, 0.1) is 0 Å². The molecule has 7 nitrogen and oxygen atoms in total. The largest absolute Gasteiger partial charge is 0.475 e. The van der Waals surface area contributed by atoms with Crippen molar-refractivity contribution in [3.05, 3.63) is 18.2 Å². The summed E-state index contributed by atoms with van der Waals surface area (Å²) >= 11 is 0. The van der Waals surface area contributed by atoms with Crippen molar-refractivity contribution in [1.82, 2.24) is 9.88 Å². The van der Waals surface area contributed by atoms with E-state index < -0.39 is 5.60 Å². The fourth-order valence-corrected chi connectivity index (χ4v) is 2.44. The zero-order valence-electron chi connectivity index (χ0n) is 14.7. The van der Waals surface area contributed by atoms with E-state index in [4.69, 9.17) is 19.9 Å². The van der Waals surface area contributed by atoms with Crippen LogP contribution >= 0.6 is 0 Å². The average Bonchev–Trinajstić information content (AvgIpc) is 2.50. The molecule has 24 heavy (non-hydrogen) atoms. The maximum absolute atomic E-state index is 12.1. The highest BCUT2D eigenvalue weighted by Crippen LogP contribution is 2.17. The quantitative estimate of drug-likeness (QED) is 0.831. The molecule has 134 valence electrons. The summed E-state index contributed by atoms with van der Waals surface area (Å²) in [5.74, 6) is 0.909. The summed E-state index contributed by atoms with van der Waals surface area (Å²) in [6, 6.07) is 5.25. The lowest BCUT2D eigenvalue weighted by atomic mass is 10.1. The van der Waals surface area contributed by atoms with Crippen molar-refractivity contribution in [2.75, 3.05) is 32.0 Å². The van der Waals surface area contributed by atoms with Crippen LogP contribution < -0.4 is 10.5 Å². The third kappa shape index (κ3) is 6.23. The molecule has 0 radical (unpaired) electrons. The first-order valence-corrected chi connectivity index (χ1v) is 8.28. The number of nitrogen functional groups attached to an aromatic ring is 1. The van der Waals surface area contributed by atoms with E-state index in [1.807, 2.05) is 20.8 Å². The second-order valence-electron chi connectivity index (χ2n) is 6.81. The number of piperidine rings is 1. The average molecular weight is 337 g/mol. The molecule has 1 unspecified atom stereocenters. The number of likely N-dealkylation sites (tertiary alicyclic amines) is 1. The SMILES string of the molecule is CC(C)(C)OC(=O)N1CCCC(OCCOc2cccc(N)n2)C1. The highest BCUT2D eigenvalue weighted by atomic mass is 16.6. The van der Waals surface area contributed by atoms with Crippen LogP contribution in [0.1, 0.15) is 33.6 Å². The number of rotatable bonds is 5. The van der Waals surface area contributed by atoms with E-state index in [0.717, 1.165) is 12.8 Å². The molecule has 0 bridgehead atoms. The van der Waals surface area contributed by atoms with Gasteiger partial charge in [-0.2, -0.15) is 4.98 Å². The number of nitrogens with two attached hydrogens (primary N) is 1. The third-order valence-electron chi connectivity index (χ3n) is 3.46. The third-order valence-corrected chi connectivity index (χ3v) is 3.46. The lowest BCUT2D eigenvalue weighted by Gasteiger charge is -2.34. The van der Waals surface area contributed by atoms with Gasteiger partial charge in [-0.3, -0.25) is 0 Å². The Morgan fingerprint density at radius 1 is 1.38 bits per heavy atom. The Labute approximate surface area is 143 Å². The molecular weight excluding hydrogens is 310 g/mol. The van der Waals surface area contributed by atoms with Crippen LogP contribution in [0.5, 0.6) is 5.88 Å². The zero-order chi connectivity index (χ0) is 17.6. The number of carbonyl (C=O) groups is 1. The molecule has 0 spiro atoms. The summed E-state index contributed by atoms with van der Waals surface area (Å²) in [4.78, 5) is 17.9. The van der Waals surface area contributed by atoms with Crippen LogP contribution in [0.25, 0.3) is 0 Å². The van der Waals surface area contributed by atoms with Crippen molar-refractivity contribution in [3.63, 3.8) is 0 Å². The molecule has 2 N–H and O–H groups in total. The van der Waals surface area contributed by atoms with Gasteiger partial charge in [0.15, 0.2) is 0 Å². The summed E-state index contributed by atoms with van der Waals surface area (Å²) in [5, 5.41) is 0. The molecule has 0 saturated carbocycles. The second kappa shape index (κ2) is 8.19. The highest BCUT2D eigenvalue weighted by Gasteiger charge is 2.27. The van der Waals surface area contributed by atoms with Gasteiger partial charge < -0.3 is 24.8 Å². The Morgan fingerprint density at radius 3 is 2.88 bits per heavy atom. The number of carbonyl (C=O) groups excluding carboxylic acids is 1. The molecule has 1 aromatic rings. The van der Waals surface area contributed by atoms with Gasteiger partial charge >= 0.3 is 6.09 Å². The van der Waals surface area contributed by atoms with Crippen molar-refractivity contribution in [3.8, 4) is 5.88 Å². The second-order valence-corrected chi connectivity index (χ2v) is 6.81. The number of pyridine rings is 1. The van der Waals surface area contributed by atoms with Gasteiger partial charge in [-0.15, -0.1) is 0 Å². The predicted octanol–water partition coefficient (Wildman–Crippen LogP) is 2.46. The molecule has 1 saturated heterocycles. The standard InChI is InChI=1S/C17H27N3O4/c1-17(2,3)24-16(21)20-9-5-6-13(12-20)22-10-11-23-15-8-4-7-14(18)19-15/h4,7-8,13H,5-6,9-12H2,1-3H3,(H2,18,19). The number of ether oxygens (including phenoxy) is 3. The van der Waals surface area contributed by atoms with E-state index >= 15 is 0 Å². The van der Waals surface area contributed by atoms with Gasteiger partial charge in [-0.05, 0) is 39.7 Å². The fourth-order valence-electron chi connectivity index (χ4n) is 2.44. The van der Waals surface area contributed by atoms with Gasteiger partial charge in [0.05, 0.1) is 19.3 Å². The first kappa shape index (κ1) is 18.3. The smallest absolute Gasteiger partial charge is 0.410 e. The van der Waals surface area contributed by atoms with E-state index in [2.05, 4.69) is 4.98 Å². The number of aromatic nitrogens is 1. The van der Waals surface area contributed by atoms with Gasteiger partial charge in [0.1, 0.15) is 18.0 Å².